The van der Waals surface area contributed by atoms with Crippen molar-refractivity contribution in [1.82, 2.24) is 0 Å². The van der Waals surface area contributed by atoms with Gasteiger partial charge in [-0.2, -0.15) is 5.26 Å². The fraction of sp³-hybridized carbons (Fsp3) is 0.571. The smallest absolute Gasteiger partial charge is 0.323 e. The lowest BCUT2D eigenvalue weighted by atomic mass is 10.1. The van der Waals surface area contributed by atoms with Gasteiger partial charge in [-0.25, -0.2) is 0 Å². The molecule has 0 radical (unpaired) electrons. The van der Waals surface area contributed by atoms with Crippen LogP contribution in [0.15, 0.2) is 0 Å². The van der Waals surface area contributed by atoms with Gasteiger partial charge in [0.15, 0.2) is 5.92 Å². The van der Waals surface area contributed by atoms with Crippen LogP contribution in [-0.2, 0) is 14.3 Å². The second-order valence-corrected chi connectivity index (χ2v) is 2.11. The average Bonchev–Trinajstić information content (AvgIpc) is 1.98. The quantitative estimate of drug-likeness (QED) is 0.549. The highest BCUT2D eigenvalue weighted by Gasteiger charge is 2.19. The predicted octanol–water partition coefficient (Wildman–Crippen LogP) is 0.278. The summed E-state index contributed by atoms with van der Waals surface area (Å²) in [4.78, 5) is 21.2. The van der Waals surface area contributed by atoms with Crippen LogP contribution in [0.4, 0.5) is 0 Å². The van der Waals surface area contributed by atoms with Gasteiger partial charge in [-0.3, -0.25) is 9.59 Å². The molecule has 0 bridgehead atoms. The molecule has 0 aromatic rings. The fourth-order valence-electron chi connectivity index (χ4n) is 0.611. The van der Waals surface area contributed by atoms with Gasteiger partial charge >= 0.3 is 5.97 Å². The zero-order valence-electron chi connectivity index (χ0n) is 6.46. The van der Waals surface area contributed by atoms with Gasteiger partial charge in [0.05, 0.1) is 13.2 Å². The number of nitrogens with zero attached hydrogens (tertiary/aromatic N) is 1. The number of hydrogen-bond acceptors (Lipinski definition) is 4. The topological polar surface area (TPSA) is 67.2 Å². The van der Waals surface area contributed by atoms with E-state index in [9.17, 15) is 9.59 Å². The molecule has 0 aliphatic carbocycles. The maximum absolute atomic E-state index is 10.7. The minimum absolute atomic E-state index is 0.0663. The summed E-state index contributed by atoms with van der Waals surface area (Å²) in [6.07, 6.45) is -0.0663. The van der Waals surface area contributed by atoms with Crippen LogP contribution >= 0.6 is 0 Å². The van der Waals surface area contributed by atoms with Gasteiger partial charge in [-0.1, -0.05) is 0 Å². The van der Waals surface area contributed by atoms with Gasteiger partial charge in [-0.05, 0) is 6.92 Å². The van der Waals surface area contributed by atoms with Crippen LogP contribution < -0.4 is 0 Å². The minimum atomic E-state index is -0.947. The highest BCUT2D eigenvalue weighted by molar-refractivity contribution is 5.84. The number of ketones is 1. The van der Waals surface area contributed by atoms with E-state index in [-0.39, 0.29) is 12.2 Å². The Morgan fingerprint density at radius 3 is 2.45 bits per heavy atom. The molecule has 0 aromatic carbocycles. The summed E-state index contributed by atoms with van der Waals surface area (Å²) in [5.74, 6) is -1.79. The molecular weight excluding hydrogens is 146 g/mol. The molecule has 0 saturated heterocycles. The molecule has 4 nitrogen and oxygen atoms in total. The highest BCUT2D eigenvalue weighted by atomic mass is 16.5. The summed E-state index contributed by atoms with van der Waals surface area (Å²) in [5, 5.41) is 8.37. The first kappa shape index (κ1) is 9.63. The molecule has 11 heavy (non-hydrogen) atoms. The lowest BCUT2D eigenvalue weighted by molar-refractivity contribution is -0.144. The summed E-state index contributed by atoms with van der Waals surface area (Å²) < 4.78 is 4.29. The first-order valence-electron chi connectivity index (χ1n) is 3.08. The van der Waals surface area contributed by atoms with Crippen molar-refractivity contribution < 1.29 is 14.3 Å². The van der Waals surface area contributed by atoms with Gasteiger partial charge in [0.1, 0.15) is 5.78 Å². The van der Waals surface area contributed by atoms with Gasteiger partial charge in [0.2, 0.25) is 0 Å². The Hall–Kier alpha value is -1.37. The van der Waals surface area contributed by atoms with E-state index >= 15 is 0 Å². The van der Waals surface area contributed by atoms with E-state index in [1.807, 2.05) is 0 Å². The summed E-state index contributed by atoms with van der Waals surface area (Å²) >= 11 is 0. The first-order chi connectivity index (χ1) is 5.11. The molecule has 0 unspecified atom stereocenters. The molecule has 0 saturated carbocycles. The molecule has 0 aromatic heterocycles. The van der Waals surface area contributed by atoms with E-state index in [0.29, 0.717) is 0 Å². The number of rotatable bonds is 3. The Bertz CT molecular complexity index is 204. The molecule has 4 heteroatoms. The third kappa shape index (κ3) is 3.36. The van der Waals surface area contributed by atoms with E-state index < -0.39 is 11.9 Å². The molecule has 0 spiro atoms. The summed E-state index contributed by atoms with van der Waals surface area (Å²) in [6, 6.07) is 1.69. The van der Waals surface area contributed by atoms with Crippen molar-refractivity contribution in [1.29, 1.82) is 5.26 Å². The fourth-order valence-corrected chi connectivity index (χ4v) is 0.611. The van der Waals surface area contributed by atoms with E-state index in [4.69, 9.17) is 5.26 Å². The zero-order chi connectivity index (χ0) is 8.85. The molecule has 0 heterocycles. The summed E-state index contributed by atoms with van der Waals surface area (Å²) in [6.45, 7) is 1.33. The van der Waals surface area contributed by atoms with E-state index in [2.05, 4.69) is 4.74 Å². The largest absolute Gasteiger partial charge is 0.468 e. The molecule has 1 atom stereocenters. The molecule has 0 amide bonds. The number of carbonyl (C=O) groups is 2. The molecule has 0 aliphatic heterocycles. The molecule has 0 rings (SSSR count). The number of methoxy groups -OCH3 is 1. The summed E-state index contributed by atoms with van der Waals surface area (Å²) in [5.41, 5.74) is 0. The van der Waals surface area contributed by atoms with Gasteiger partial charge in [0.25, 0.3) is 0 Å². The Morgan fingerprint density at radius 1 is 1.64 bits per heavy atom. The number of nitriles is 1. The predicted molar refractivity (Wildman–Crippen MR) is 36.4 cm³/mol. The van der Waals surface area contributed by atoms with Crippen molar-refractivity contribution in [3.05, 3.63) is 0 Å². The molecule has 0 fully saturated rings. The number of esters is 1. The van der Waals surface area contributed by atoms with Crippen LogP contribution in [0, 0.1) is 17.2 Å². The van der Waals surface area contributed by atoms with Crippen LogP contribution in [0.2, 0.25) is 0 Å². The Morgan fingerprint density at radius 2 is 2.18 bits per heavy atom. The third-order valence-corrected chi connectivity index (χ3v) is 1.13. The second-order valence-electron chi connectivity index (χ2n) is 2.11. The van der Waals surface area contributed by atoms with E-state index in [1.165, 1.54) is 14.0 Å². The standard InChI is InChI=1S/C7H9NO3/c1-5(9)3-6(4-8)7(10)11-2/h6H,3H2,1-2H3/t6-/m1/s1. The maximum Gasteiger partial charge on any atom is 0.323 e. The minimum Gasteiger partial charge on any atom is -0.468 e. The Balaban J connectivity index is 4.09. The number of hydrogen-bond donors (Lipinski definition) is 0. The van der Waals surface area contributed by atoms with Crippen LogP contribution in [0.3, 0.4) is 0 Å². The molecule has 0 aliphatic rings. The van der Waals surface area contributed by atoms with Crippen LogP contribution in [0.25, 0.3) is 0 Å². The monoisotopic (exact) mass is 155 g/mol. The van der Waals surface area contributed by atoms with E-state index in [1.54, 1.807) is 6.07 Å². The molecule has 0 N–H and O–H groups in total. The second kappa shape index (κ2) is 4.45. The average molecular weight is 155 g/mol. The maximum atomic E-state index is 10.7. The normalized spacial score (nSPS) is 11.4. The van der Waals surface area contributed by atoms with Crippen LogP contribution in [0.1, 0.15) is 13.3 Å². The van der Waals surface area contributed by atoms with Gasteiger partial charge < -0.3 is 4.74 Å². The first-order valence-corrected chi connectivity index (χ1v) is 3.08. The van der Waals surface area contributed by atoms with Crippen molar-refractivity contribution in [2.75, 3.05) is 7.11 Å². The third-order valence-electron chi connectivity index (χ3n) is 1.13. The Labute approximate surface area is 64.8 Å². The van der Waals surface area contributed by atoms with Crippen molar-refractivity contribution in [2.24, 2.45) is 5.92 Å². The van der Waals surface area contributed by atoms with Gasteiger partial charge in [0, 0.05) is 6.42 Å². The number of carbonyl (C=O) groups excluding carboxylic acids is 2. The van der Waals surface area contributed by atoms with Crippen LogP contribution in [-0.4, -0.2) is 18.9 Å². The SMILES string of the molecule is COC(=O)[C@@H](C#N)CC(C)=O. The van der Waals surface area contributed by atoms with Gasteiger partial charge in [-0.15, -0.1) is 0 Å². The zero-order valence-corrected chi connectivity index (χ0v) is 6.46. The highest BCUT2D eigenvalue weighted by Crippen LogP contribution is 2.03. The number of ether oxygens (including phenoxy) is 1. The lowest BCUT2D eigenvalue weighted by Gasteiger charge is -2.02. The van der Waals surface area contributed by atoms with E-state index in [0.717, 1.165) is 0 Å². The molecule has 60 valence electrons. The van der Waals surface area contributed by atoms with Crippen molar-refractivity contribution in [2.45, 2.75) is 13.3 Å². The molecular formula is C7H9NO3. The summed E-state index contributed by atoms with van der Waals surface area (Å²) in [7, 11) is 1.19. The van der Waals surface area contributed by atoms with Crippen molar-refractivity contribution in [3.63, 3.8) is 0 Å². The van der Waals surface area contributed by atoms with Crippen molar-refractivity contribution in [3.8, 4) is 6.07 Å². The number of Topliss-reactive ketones (excluding diaryl/α,β-unsaturated/α-hetero) is 1. The Kier molecular flexibility index (Phi) is 3.89. The lowest BCUT2D eigenvalue weighted by Crippen LogP contribution is -2.16. The van der Waals surface area contributed by atoms with Crippen molar-refractivity contribution >= 4 is 11.8 Å². The van der Waals surface area contributed by atoms with Crippen LogP contribution in [0.5, 0.6) is 0 Å².